The van der Waals surface area contributed by atoms with Crippen LogP contribution < -0.4 is 10.5 Å². The zero-order valence-corrected chi connectivity index (χ0v) is 11.6. The number of benzene rings is 2. The quantitative estimate of drug-likeness (QED) is 0.649. The minimum atomic E-state index is -1.34. The average Bonchev–Trinajstić information content (AvgIpc) is 2.46. The van der Waals surface area contributed by atoms with E-state index >= 15 is 0 Å². The Morgan fingerprint density at radius 2 is 1.80 bits per heavy atom. The van der Waals surface area contributed by atoms with Crippen molar-refractivity contribution < 1.29 is 9.84 Å². The fourth-order valence-electron chi connectivity index (χ4n) is 1.93. The molecule has 0 aliphatic heterocycles. The standard InChI is InChI=1S/C17H17NO2/c1-17(19,12-11-13-7-4-3-5-8-13)14-9-6-10-15(20-2)16(14)18/h3-10,19H,18H2,1-2H3. The third-order valence-electron chi connectivity index (χ3n) is 3.03. The molecule has 102 valence electrons. The van der Waals surface area contributed by atoms with Gasteiger partial charge >= 0.3 is 0 Å². The van der Waals surface area contributed by atoms with E-state index in [-0.39, 0.29) is 0 Å². The largest absolute Gasteiger partial charge is 0.495 e. The predicted octanol–water partition coefficient (Wildman–Crippen LogP) is 2.54. The average molecular weight is 267 g/mol. The second-order valence-electron chi connectivity index (χ2n) is 4.61. The van der Waals surface area contributed by atoms with Gasteiger partial charge in [-0.05, 0) is 25.1 Å². The summed E-state index contributed by atoms with van der Waals surface area (Å²) >= 11 is 0. The Bertz CT molecular complexity index is 652. The van der Waals surface area contributed by atoms with Crippen LogP contribution in [0.15, 0.2) is 48.5 Å². The lowest BCUT2D eigenvalue weighted by Gasteiger charge is -2.20. The van der Waals surface area contributed by atoms with Crippen molar-refractivity contribution >= 4 is 5.69 Å². The molecule has 0 aromatic heterocycles. The van der Waals surface area contributed by atoms with Crippen molar-refractivity contribution in [1.82, 2.24) is 0 Å². The van der Waals surface area contributed by atoms with E-state index in [1.54, 1.807) is 32.2 Å². The maximum absolute atomic E-state index is 10.5. The van der Waals surface area contributed by atoms with Crippen LogP contribution in [-0.2, 0) is 5.60 Å². The Kier molecular flexibility index (Phi) is 3.97. The molecule has 1 atom stereocenters. The van der Waals surface area contributed by atoms with Crippen LogP contribution in [0.3, 0.4) is 0 Å². The van der Waals surface area contributed by atoms with Gasteiger partial charge in [0, 0.05) is 11.1 Å². The van der Waals surface area contributed by atoms with Crippen LogP contribution in [0.2, 0.25) is 0 Å². The van der Waals surface area contributed by atoms with Crippen LogP contribution >= 0.6 is 0 Å². The van der Waals surface area contributed by atoms with Crippen LogP contribution in [0.25, 0.3) is 0 Å². The maximum atomic E-state index is 10.5. The van der Waals surface area contributed by atoms with Crippen molar-refractivity contribution in [2.45, 2.75) is 12.5 Å². The van der Waals surface area contributed by atoms with Gasteiger partial charge < -0.3 is 15.6 Å². The summed E-state index contributed by atoms with van der Waals surface area (Å²) in [6.45, 7) is 1.62. The van der Waals surface area contributed by atoms with E-state index in [1.807, 2.05) is 30.3 Å². The number of ether oxygens (including phenoxy) is 1. The predicted molar refractivity (Wildman–Crippen MR) is 80.3 cm³/mol. The number of anilines is 1. The molecule has 0 aliphatic rings. The summed E-state index contributed by atoms with van der Waals surface area (Å²) in [4.78, 5) is 0. The van der Waals surface area contributed by atoms with Gasteiger partial charge in [-0.2, -0.15) is 0 Å². The van der Waals surface area contributed by atoms with Gasteiger partial charge in [-0.15, -0.1) is 0 Å². The molecule has 0 aliphatic carbocycles. The highest BCUT2D eigenvalue weighted by atomic mass is 16.5. The van der Waals surface area contributed by atoms with Crippen molar-refractivity contribution in [2.24, 2.45) is 0 Å². The van der Waals surface area contributed by atoms with E-state index in [4.69, 9.17) is 10.5 Å². The van der Waals surface area contributed by atoms with Crippen LogP contribution in [0.5, 0.6) is 5.75 Å². The lowest BCUT2D eigenvalue weighted by molar-refractivity contribution is 0.122. The van der Waals surface area contributed by atoms with Gasteiger partial charge in [-0.25, -0.2) is 0 Å². The van der Waals surface area contributed by atoms with Crippen molar-refractivity contribution in [1.29, 1.82) is 0 Å². The molecule has 2 rings (SSSR count). The minimum Gasteiger partial charge on any atom is -0.495 e. The third kappa shape index (κ3) is 2.93. The molecule has 3 heteroatoms. The van der Waals surface area contributed by atoms with E-state index in [0.717, 1.165) is 5.56 Å². The van der Waals surface area contributed by atoms with Crippen molar-refractivity contribution in [3.05, 3.63) is 59.7 Å². The molecule has 2 aromatic carbocycles. The first-order chi connectivity index (χ1) is 9.54. The Balaban J connectivity index is 2.39. The van der Waals surface area contributed by atoms with Crippen LogP contribution in [0.4, 0.5) is 5.69 Å². The first-order valence-corrected chi connectivity index (χ1v) is 6.28. The molecule has 2 aromatic rings. The first kappa shape index (κ1) is 14.0. The number of para-hydroxylation sites is 1. The second-order valence-corrected chi connectivity index (χ2v) is 4.61. The number of nitrogens with two attached hydrogens (primary N) is 1. The summed E-state index contributed by atoms with van der Waals surface area (Å²) in [5.41, 5.74) is 6.45. The number of rotatable bonds is 2. The molecule has 20 heavy (non-hydrogen) atoms. The topological polar surface area (TPSA) is 55.5 Å². The highest BCUT2D eigenvalue weighted by molar-refractivity contribution is 5.62. The molecule has 0 fully saturated rings. The van der Waals surface area contributed by atoms with Crippen molar-refractivity contribution in [3.63, 3.8) is 0 Å². The Morgan fingerprint density at radius 1 is 1.10 bits per heavy atom. The smallest absolute Gasteiger partial charge is 0.150 e. The van der Waals surface area contributed by atoms with E-state index in [0.29, 0.717) is 17.0 Å². The normalized spacial score (nSPS) is 12.9. The van der Waals surface area contributed by atoms with E-state index in [9.17, 15) is 5.11 Å². The highest BCUT2D eigenvalue weighted by Crippen LogP contribution is 2.32. The zero-order chi connectivity index (χ0) is 14.6. The van der Waals surface area contributed by atoms with Gasteiger partial charge in [-0.1, -0.05) is 42.2 Å². The van der Waals surface area contributed by atoms with Gasteiger partial charge in [-0.3, -0.25) is 0 Å². The van der Waals surface area contributed by atoms with E-state index in [1.165, 1.54) is 0 Å². The molecule has 3 nitrogen and oxygen atoms in total. The fourth-order valence-corrected chi connectivity index (χ4v) is 1.93. The zero-order valence-electron chi connectivity index (χ0n) is 11.6. The van der Waals surface area contributed by atoms with Crippen molar-refractivity contribution in [2.75, 3.05) is 12.8 Å². The number of hydrogen-bond donors (Lipinski definition) is 2. The Morgan fingerprint density at radius 3 is 2.45 bits per heavy atom. The third-order valence-corrected chi connectivity index (χ3v) is 3.03. The number of methoxy groups -OCH3 is 1. The van der Waals surface area contributed by atoms with Crippen LogP contribution in [0, 0.1) is 11.8 Å². The summed E-state index contributed by atoms with van der Waals surface area (Å²) in [5.74, 6) is 6.34. The van der Waals surface area contributed by atoms with Gasteiger partial charge in [0.2, 0.25) is 0 Å². The lowest BCUT2D eigenvalue weighted by atomic mass is 9.94. The molecule has 3 N–H and O–H groups in total. The molecule has 0 spiro atoms. The summed E-state index contributed by atoms with van der Waals surface area (Å²) in [6.07, 6.45) is 0. The maximum Gasteiger partial charge on any atom is 0.150 e. The van der Waals surface area contributed by atoms with Crippen LogP contribution in [-0.4, -0.2) is 12.2 Å². The number of aliphatic hydroxyl groups is 1. The highest BCUT2D eigenvalue weighted by Gasteiger charge is 2.24. The second kappa shape index (κ2) is 5.68. The summed E-state index contributed by atoms with van der Waals surface area (Å²) in [6, 6.07) is 14.8. The van der Waals surface area contributed by atoms with Gasteiger partial charge in [0.05, 0.1) is 12.8 Å². The molecular weight excluding hydrogens is 250 g/mol. The molecule has 0 amide bonds. The molecular formula is C17H17NO2. The molecule has 0 saturated carbocycles. The van der Waals surface area contributed by atoms with E-state index in [2.05, 4.69) is 11.8 Å². The molecule has 0 bridgehead atoms. The van der Waals surface area contributed by atoms with Gasteiger partial charge in [0.15, 0.2) is 5.60 Å². The summed E-state index contributed by atoms with van der Waals surface area (Å²) in [7, 11) is 1.54. The molecule has 1 unspecified atom stereocenters. The summed E-state index contributed by atoms with van der Waals surface area (Å²) in [5, 5.41) is 10.5. The fraction of sp³-hybridized carbons (Fsp3) is 0.176. The SMILES string of the molecule is COc1cccc(C(C)(O)C#Cc2ccccc2)c1N. The lowest BCUT2D eigenvalue weighted by Crippen LogP contribution is -2.20. The van der Waals surface area contributed by atoms with Crippen molar-refractivity contribution in [3.8, 4) is 17.6 Å². The Hall–Kier alpha value is -2.44. The molecule has 0 radical (unpaired) electrons. The van der Waals surface area contributed by atoms with Gasteiger partial charge in [0.1, 0.15) is 5.75 Å². The minimum absolute atomic E-state index is 0.405. The van der Waals surface area contributed by atoms with Crippen LogP contribution in [0.1, 0.15) is 18.1 Å². The first-order valence-electron chi connectivity index (χ1n) is 6.28. The Labute approximate surface area is 119 Å². The number of nitrogen functional groups attached to an aromatic ring is 1. The monoisotopic (exact) mass is 267 g/mol. The molecule has 0 heterocycles. The summed E-state index contributed by atoms with van der Waals surface area (Å²) < 4.78 is 5.16. The number of hydrogen-bond acceptors (Lipinski definition) is 3. The van der Waals surface area contributed by atoms with Gasteiger partial charge in [0.25, 0.3) is 0 Å². The molecule has 0 saturated heterocycles. The van der Waals surface area contributed by atoms with E-state index < -0.39 is 5.60 Å².